The van der Waals surface area contributed by atoms with E-state index in [4.69, 9.17) is 30.5 Å². The molecular formula is C31H23ClN2O6S. The Labute approximate surface area is 244 Å². The van der Waals surface area contributed by atoms with E-state index in [1.54, 1.807) is 66.7 Å². The molecule has 0 atom stereocenters. The number of rotatable bonds is 10. The summed E-state index contributed by atoms with van der Waals surface area (Å²) in [4.78, 5) is 26.1. The Kier molecular flexibility index (Phi) is 8.78. The quantitative estimate of drug-likeness (QED) is 0.0642. The third kappa shape index (κ3) is 6.84. The molecule has 0 aliphatic rings. The maximum absolute atomic E-state index is 12.9. The standard InChI is InChI=1S/C31H23ClN2O6S/c1-37-25-18-20(16-17-24(25)40-30(36)28-27(32)23-14-8-9-15-26(23)41-28)19-33-34-29(35)31(38-21-10-4-2-5-11-21)39-22-12-6-3-7-13-22/h2-19,31H,1H3,(H,34,35). The maximum atomic E-state index is 12.9. The molecule has 4 aromatic carbocycles. The van der Waals surface area contributed by atoms with E-state index >= 15 is 0 Å². The van der Waals surface area contributed by atoms with Gasteiger partial charge in [0, 0.05) is 10.1 Å². The molecule has 0 spiro atoms. The molecule has 5 aromatic rings. The molecule has 1 heterocycles. The zero-order valence-corrected chi connectivity index (χ0v) is 23.2. The third-order valence-corrected chi connectivity index (χ3v) is 7.34. The van der Waals surface area contributed by atoms with Crippen molar-refractivity contribution in [1.82, 2.24) is 5.43 Å². The SMILES string of the molecule is COc1cc(C=NNC(=O)C(Oc2ccccc2)Oc2ccccc2)ccc1OC(=O)c1sc2ccccc2c1Cl. The van der Waals surface area contributed by atoms with Gasteiger partial charge in [-0.05, 0) is 54.1 Å². The van der Waals surface area contributed by atoms with Crippen LogP contribution in [0.25, 0.3) is 10.1 Å². The van der Waals surface area contributed by atoms with Crippen LogP contribution in [-0.4, -0.2) is 31.5 Å². The zero-order valence-electron chi connectivity index (χ0n) is 21.7. The molecule has 1 aromatic heterocycles. The van der Waals surface area contributed by atoms with Crippen molar-refractivity contribution in [3.8, 4) is 23.0 Å². The Balaban J connectivity index is 1.26. The molecule has 0 aliphatic carbocycles. The second-order valence-electron chi connectivity index (χ2n) is 8.47. The van der Waals surface area contributed by atoms with E-state index < -0.39 is 18.2 Å². The van der Waals surface area contributed by atoms with Crippen LogP contribution >= 0.6 is 22.9 Å². The molecule has 5 rings (SSSR count). The van der Waals surface area contributed by atoms with Gasteiger partial charge in [-0.15, -0.1) is 11.3 Å². The number of halogens is 1. The Morgan fingerprint density at radius 2 is 1.49 bits per heavy atom. The fraction of sp³-hybridized carbons (Fsp3) is 0.0645. The molecule has 206 valence electrons. The van der Waals surface area contributed by atoms with Crippen LogP contribution in [0.3, 0.4) is 0 Å². The molecule has 0 radical (unpaired) electrons. The number of methoxy groups -OCH3 is 1. The zero-order chi connectivity index (χ0) is 28.6. The van der Waals surface area contributed by atoms with Crippen LogP contribution in [0.5, 0.6) is 23.0 Å². The van der Waals surface area contributed by atoms with Crippen molar-refractivity contribution in [2.24, 2.45) is 5.10 Å². The summed E-state index contributed by atoms with van der Waals surface area (Å²) in [5.41, 5.74) is 3.01. The van der Waals surface area contributed by atoms with E-state index in [1.165, 1.54) is 24.7 Å². The molecule has 0 fully saturated rings. The highest BCUT2D eigenvalue weighted by Gasteiger charge is 2.23. The van der Waals surface area contributed by atoms with Gasteiger partial charge >= 0.3 is 18.2 Å². The number of nitrogens with one attached hydrogen (secondary N) is 1. The fourth-order valence-electron chi connectivity index (χ4n) is 3.74. The number of hydrazone groups is 1. The number of nitrogens with zero attached hydrogens (tertiary/aromatic N) is 1. The van der Waals surface area contributed by atoms with Crippen molar-refractivity contribution in [2.45, 2.75) is 6.29 Å². The van der Waals surface area contributed by atoms with Crippen molar-refractivity contribution in [3.63, 3.8) is 0 Å². The molecule has 0 bridgehead atoms. The summed E-state index contributed by atoms with van der Waals surface area (Å²) in [6, 6.07) is 30.0. The summed E-state index contributed by atoms with van der Waals surface area (Å²) in [5, 5.41) is 5.17. The lowest BCUT2D eigenvalue weighted by molar-refractivity contribution is -0.140. The van der Waals surface area contributed by atoms with E-state index in [2.05, 4.69) is 10.5 Å². The highest BCUT2D eigenvalue weighted by atomic mass is 35.5. The minimum Gasteiger partial charge on any atom is -0.493 e. The first-order valence-electron chi connectivity index (χ1n) is 12.4. The van der Waals surface area contributed by atoms with E-state index in [1.807, 2.05) is 36.4 Å². The van der Waals surface area contributed by atoms with Crippen LogP contribution < -0.4 is 24.4 Å². The molecule has 10 heteroatoms. The van der Waals surface area contributed by atoms with Gasteiger partial charge in [-0.3, -0.25) is 4.79 Å². The first kappa shape index (κ1) is 27.7. The normalized spacial score (nSPS) is 11.0. The highest BCUT2D eigenvalue weighted by Crippen LogP contribution is 2.37. The number of hydrogen-bond donors (Lipinski definition) is 1. The molecule has 0 unspecified atom stereocenters. The molecule has 0 aliphatic heterocycles. The van der Waals surface area contributed by atoms with Crippen molar-refractivity contribution >= 4 is 51.1 Å². The van der Waals surface area contributed by atoms with Crippen molar-refractivity contribution in [1.29, 1.82) is 0 Å². The molecule has 1 N–H and O–H groups in total. The Morgan fingerprint density at radius 1 is 0.854 bits per heavy atom. The number of carbonyl (C=O) groups excluding carboxylic acids is 2. The van der Waals surface area contributed by atoms with Crippen molar-refractivity contribution in [3.05, 3.63) is 119 Å². The summed E-state index contributed by atoms with van der Waals surface area (Å²) >= 11 is 7.68. The van der Waals surface area contributed by atoms with E-state index in [-0.39, 0.29) is 5.75 Å². The van der Waals surface area contributed by atoms with Gasteiger partial charge in [0.1, 0.15) is 16.4 Å². The lowest BCUT2D eigenvalue weighted by Crippen LogP contribution is -2.40. The summed E-state index contributed by atoms with van der Waals surface area (Å²) < 4.78 is 23.4. The van der Waals surface area contributed by atoms with Gasteiger partial charge in [-0.2, -0.15) is 5.10 Å². The predicted octanol–water partition coefficient (Wildman–Crippen LogP) is 6.72. The summed E-state index contributed by atoms with van der Waals surface area (Å²) in [6.45, 7) is 0. The average Bonchev–Trinajstić information content (AvgIpc) is 3.35. The van der Waals surface area contributed by atoms with Crippen LogP contribution in [0.1, 0.15) is 15.2 Å². The Morgan fingerprint density at radius 3 is 2.12 bits per heavy atom. The Bertz CT molecular complexity index is 1650. The topological polar surface area (TPSA) is 95.5 Å². The van der Waals surface area contributed by atoms with Gasteiger partial charge in [-0.1, -0.05) is 66.2 Å². The maximum Gasteiger partial charge on any atom is 0.355 e. The van der Waals surface area contributed by atoms with Crippen LogP contribution in [0.2, 0.25) is 5.02 Å². The number of esters is 1. The fourth-order valence-corrected chi connectivity index (χ4v) is 5.12. The second kappa shape index (κ2) is 13.0. The lowest BCUT2D eigenvalue weighted by Gasteiger charge is -2.18. The number of carbonyl (C=O) groups is 2. The molecule has 8 nitrogen and oxygen atoms in total. The van der Waals surface area contributed by atoms with Crippen LogP contribution in [0.15, 0.2) is 108 Å². The van der Waals surface area contributed by atoms with E-state index in [0.717, 1.165) is 10.1 Å². The average molecular weight is 587 g/mol. The molecule has 0 saturated carbocycles. The van der Waals surface area contributed by atoms with Crippen molar-refractivity contribution < 1.29 is 28.5 Å². The first-order valence-corrected chi connectivity index (χ1v) is 13.5. The minimum atomic E-state index is -1.30. The van der Waals surface area contributed by atoms with Gasteiger partial charge < -0.3 is 18.9 Å². The minimum absolute atomic E-state index is 0.208. The van der Waals surface area contributed by atoms with Crippen LogP contribution in [0.4, 0.5) is 0 Å². The molecule has 0 saturated heterocycles. The van der Waals surface area contributed by atoms with Crippen LogP contribution in [0, 0.1) is 0 Å². The molecule has 41 heavy (non-hydrogen) atoms. The largest absolute Gasteiger partial charge is 0.493 e. The van der Waals surface area contributed by atoms with Gasteiger partial charge in [-0.25, -0.2) is 10.2 Å². The number of ether oxygens (including phenoxy) is 4. The van der Waals surface area contributed by atoms with Gasteiger partial charge in [0.2, 0.25) is 0 Å². The number of benzene rings is 4. The van der Waals surface area contributed by atoms with Crippen molar-refractivity contribution in [2.75, 3.05) is 7.11 Å². The number of hydrogen-bond acceptors (Lipinski definition) is 8. The van der Waals surface area contributed by atoms with Gasteiger partial charge in [0.05, 0.1) is 18.3 Å². The van der Waals surface area contributed by atoms with Crippen LogP contribution in [-0.2, 0) is 4.79 Å². The second-order valence-corrected chi connectivity index (χ2v) is 9.90. The lowest BCUT2D eigenvalue weighted by atomic mass is 10.2. The number of amides is 1. The summed E-state index contributed by atoms with van der Waals surface area (Å²) in [7, 11) is 1.45. The van der Waals surface area contributed by atoms with Gasteiger partial charge in [0.25, 0.3) is 0 Å². The number of para-hydroxylation sites is 2. The van der Waals surface area contributed by atoms with E-state index in [0.29, 0.717) is 32.7 Å². The highest BCUT2D eigenvalue weighted by molar-refractivity contribution is 7.21. The Hall–Kier alpha value is -4.86. The van der Waals surface area contributed by atoms with Gasteiger partial charge in [0.15, 0.2) is 11.5 Å². The summed E-state index contributed by atoms with van der Waals surface area (Å²) in [6.07, 6.45) is 0.116. The smallest absolute Gasteiger partial charge is 0.355 e. The number of thiophene rings is 1. The first-order chi connectivity index (χ1) is 20.0. The molecule has 1 amide bonds. The third-order valence-electron chi connectivity index (χ3n) is 5.69. The summed E-state index contributed by atoms with van der Waals surface area (Å²) in [5.74, 6) is 0.208. The van der Waals surface area contributed by atoms with E-state index in [9.17, 15) is 9.59 Å². The number of fused-ring (bicyclic) bond motifs is 1. The predicted molar refractivity (Wildman–Crippen MR) is 158 cm³/mol. The molecular weight excluding hydrogens is 564 g/mol. The monoisotopic (exact) mass is 586 g/mol.